The molecule has 0 atom stereocenters. The molecule has 0 aliphatic rings. The predicted octanol–water partition coefficient (Wildman–Crippen LogP) is 2.60. The standard InChI is InChI=1S/C17H20N6.HI/c1-2-18-17(19-12-14-8-4-3-5-9-14)20-13-16-22-21-15-10-6-7-11-23(15)16;/h3-11H,2,12-13H2,1H3,(H2,18,19,20);1H. The van der Waals surface area contributed by atoms with E-state index in [1.807, 2.05) is 53.9 Å². The highest BCUT2D eigenvalue weighted by Crippen LogP contribution is 2.03. The summed E-state index contributed by atoms with van der Waals surface area (Å²) in [6, 6.07) is 16.0. The lowest BCUT2D eigenvalue weighted by atomic mass is 10.2. The maximum atomic E-state index is 4.60. The molecular formula is C17H21IN6. The summed E-state index contributed by atoms with van der Waals surface area (Å²) >= 11 is 0. The molecule has 0 aliphatic heterocycles. The van der Waals surface area contributed by atoms with Crippen LogP contribution in [-0.4, -0.2) is 27.1 Å². The van der Waals surface area contributed by atoms with E-state index in [1.54, 1.807) is 0 Å². The number of aliphatic imine (C=N–C) groups is 1. The third-order valence-corrected chi connectivity index (χ3v) is 3.41. The Hall–Kier alpha value is -2.16. The van der Waals surface area contributed by atoms with Crippen molar-refractivity contribution in [3.05, 3.63) is 66.1 Å². The van der Waals surface area contributed by atoms with Crippen LogP contribution in [-0.2, 0) is 13.1 Å². The van der Waals surface area contributed by atoms with Crippen molar-refractivity contribution >= 4 is 35.6 Å². The van der Waals surface area contributed by atoms with E-state index < -0.39 is 0 Å². The molecule has 2 heterocycles. The summed E-state index contributed by atoms with van der Waals surface area (Å²) in [5.74, 6) is 1.62. The molecule has 0 bridgehead atoms. The molecule has 6 nitrogen and oxygen atoms in total. The van der Waals surface area contributed by atoms with Gasteiger partial charge in [-0.05, 0) is 24.6 Å². The number of benzene rings is 1. The van der Waals surface area contributed by atoms with E-state index in [9.17, 15) is 0 Å². The van der Waals surface area contributed by atoms with E-state index in [1.165, 1.54) is 5.56 Å². The zero-order chi connectivity index (χ0) is 15.9. The Morgan fingerprint density at radius 3 is 2.62 bits per heavy atom. The number of hydrogen-bond acceptors (Lipinski definition) is 3. The smallest absolute Gasteiger partial charge is 0.191 e. The van der Waals surface area contributed by atoms with Crippen molar-refractivity contribution in [2.24, 2.45) is 4.99 Å². The summed E-state index contributed by atoms with van der Waals surface area (Å²) in [5.41, 5.74) is 2.02. The molecule has 24 heavy (non-hydrogen) atoms. The van der Waals surface area contributed by atoms with E-state index in [2.05, 4.69) is 38.0 Å². The van der Waals surface area contributed by atoms with Gasteiger partial charge in [0, 0.05) is 12.7 Å². The van der Waals surface area contributed by atoms with Gasteiger partial charge in [0.2, 0.25) is 0 Å². The molecule has 0 unspecified atom stereocenters. The van der Waals surface area contributed by atoms with E-state index in [0.29, 0.717) is 13.1 Å². The summed E-state index contributed by atoms with van der Waals surface area (Å²) in [5, 5.41) is 14.9. The van der Waals surface area contributed by atoms with Gasteiger partial charge in [-0.15, -0.1) is 34.2 Å². The number of pyridine rings is 1. The Bertz CT molecular complexity index is 784. The van der Waals surface area contributed by atoms with Gasteiger partial charge in [0.1, 0.15) is 0 Å². The molecule has 0 saturated heterocycles. The van der Waals surface area contributed by atoms with Crippen molar-refractivity contribution < 1.29 is 0 Å². The minimum absolute atomic E-state index is 0. The fourth-order valence-corrected chi connectivity index (χ4v) is 2.27. The second-order valence-corrected chi connectivity index (χ2v) is 5.08. The number of guanidine groups is 1. The first-order valence-corrected chi connectivity index (χ1v) is 7.71. The summed E-state index contributed by atoms with van der Waals surface area (Å²) in [7, 11) is 0. The molecule has 0 aliphatic carbocycles. The fraction of sp³-hybridized carbons (Fsp3) is 0.235. The zero-order valence-corrected chi connectivity index (χ0v) is 15.8. The Kier molecular flexibility index (Phi) is 6.98. The molecule has 7 heteroatoms. The Morgan fingerprint density at radius 1 is 1.04 bits per heavy atom. The lowest BCUT2D eigenvalue weighted by molar-refractivity contribution is 0.765. The number of aromatic nitrogens is 3. The van der Waals surface area contributed by atoms with Gasteiger partial charge in [0.15, 0.2) is 17.4 Å². The van der Waals surface area contributed by atoms with Crippen LogP contribution in [0.4, 0.5) is 0 Å². The largest absolute Gasteiger partial charge is 0.357 e. The topological polar surface area (TPSA) is 66.6 Å². The second kappa shape index (κ2) is 9.21. The van der Waals surface area contributed by atoms with Crippen molar-refractivity contribution in [3.63, 3.8) is 0 Å². The Balaban J connectivity index is 0.00000208. The normalized spacial score (nSPS) is 11.1. The third kappa shape index (κ3) is 4.67. The average Bonchev–Trinajstić information content (AvgIpc) is 3.01. The van der Waals surface area contributed by atoms with Gasteiger partial charge in [-0.3, -0.25) is 4.40 Å². The lowest BCUT2D eigenvalue weighted by Crippen LogP contribution is -2.37. The Labute approximate surface area is 158 Å². The number of fused-ring (bicyclic) bond motifs is 1. The number of nitrogens with zero attached hydrogens (tertiary/aromatic N) is 4. The van der Waals surface area contributed by atoms with Crippen LogP contribution in [0.2, 0.25) is 0 Å². The third-order valence-electron chi connectivity index (χ3n) is 3.41. The van der Waals surface area contributed by atoms with Gasteiger partial charge >= 0.3 is 0 Å². The van der Waals surface area contributed by atoms with Crippen LogP contribution in [0.25, 0.3) is 5.65 Å². The van der Waals surface area contributed by atoms with Crippen molar-refractivity contribution in [1.29, 1.82) is 0 Å². The van der Waals surface area contributed by atoms with E-state index in [0.717, 1.165) is 24.0 Å². The molecule has 0 spiro atoms. The molecule has 0 fully saturated rings. The SMILES string of the molecule is CCNC(=NCc1ccccc1)NCc1nnc2ccccn12.I. The summed E-state index contributed by atoms with van der Waals surface area (Å²) in [6.07, 6.45) is 1.96. The highest BCUT2D eigenvalue weighted by atomic mass is 127. The maximum Gasteiger partial charge on any atom is 0.191 e. The second-order valence-electron chi connectivity index (χ2n) is 5.08. The van der Waals surface area contributed by atoms with Gasteiger partial charge in [0.25, 0.3) is 0 Å². The quantitative estimate of drug-likeness (QED) is 0.367. The molecule has 2 aromatic heterocycles. The molecule has 2 N–H and O–H groups in total. The minimum atomic E-state index is 0. The van der Waals surface area contributed by atoms with Gasteiger partial charge in [0.05, 0.1) is 13.1 Å². The highest BCUT2D eigenvalue weighted by molar-refractivity contribution is 14.0. The fourth-order valence-electron chi connectivity index (χ4n) is 2.27. The first-order chi connectivity index (χ1) is 11.4. The molecule has 3 aromatic rings. The van der Waals surface area contributed by atoms with Crippen molar-refractivity contribution in [2.45, 2.75) is 20.0 Å². The molecule has 0 radical (unpaired) electrons. The zero-order valence-electron chi connectivity index (χ0n) is 13.5. The van der Waals surface area contributed by atoms with E-state index in [4.69, 9.17) is 0 Å². The van der Waals surface area contributed by atoms with Crippen molar-refractivity contribution in [3.8, 4) is 0 Å². The van der Waals surface area contributed by atoms with Gasteiger partial charge in [-0.1, -0.05) is 36.4 Å². The first kappa shape index (κ1) is 18.2. The van der Waals surface area contributed by atoms with Crippen LogP contribution in [0, 0.1) is 0 Å². The van der Waals surface area contributed by atoms with Gasteiger partial charge in [-0.25, -0.2) is 4.99 Å². The molecule has 3 rings (SSSR count). The first-order valence-electron chi connectivity index (χ1n) is 7.71. The number of nitrogens with one attached hydrogen (secondary N) is 2. The summed E-state index contributed by atoms with van der Waals surface area (Å²) in [4.78, 5) is 4.60. The van der Waals surface area contributed by atoms with Crippen LogP contribution in [0.3, 0.4) is 0 Å². The summed E-state index contributed by atoms with van der Waals surface area (Å²) < 4.78 is 1.97. The van der Waals surface area contributed by atoms with Crippen LogP contribution in [0.15, 0.2) is 59.7 Å². The molecular weight excluding hydrogens is 415 g/mol. The summed E-state index contributed by atoms with van der Waals surface area (Å²) in [6.45, 7) is 4.05. The van der Waals surface area contributed by atoms with Crippen LogP contribution in [0.1, 0.15) is 18.3 Å². The van der Waals surface area contributed by atoms with Crippen LogP contribution >= 0.6 is 24.0 Å². The minimum Gasteiger partial charge on any atom is -0.357 e. The molecule has 126 valence electrons. The van der Waals surface area contributed by atoms with Crippen molar-refractivity contribution in [2.75, 3.05) is 6.54 Å². The molecule has 0 amide bonds. The van der Waals surface area contributed by atoms with Crippen LogP contribution in [0.5, 0.6) is 0 Å². The van der Waals surface area contributed by atoms with Crippen LogP contribution < -0.4 is 10.6 Å². The Morgan fingerprint density at radius 2 is 1.83 bits per heavy atom. The van der Waals surface area contributed by atoms with E-state index in [-0.39, 0.29) is 24.0 Å². The molecule has 1 aromatic carbocycles. The van der Waals surface area contributed by atoms with E-state index >= 15 is 0 Å². The lowest BCUT2D eigenvalue weighted by Gasteiger charge is -2.10. The van der Waals surface area contributed by atoms with Crippen molar-refractivity contribution in [1.82, 2.24) is 25.2 Å². The predicted molar refractivity (Wildman–Crippen MR) is 106 cm³/mol. The molecule has 0 saturated carbocycles. The highest BCUT2D eigenvalue weighted by Gasteiger charge is 2.05. The monoisotopic (exact) mass is 436 g/mol. The number of rotatable bonds is 5. The van der Waals surface area contributed by atoms with Gasteiger partial charge in [-0.2, -0.15) is 0 Å². The number of hydrogen-bond donors (Lipinski definition) is 2. The van der Waals surface area contributed by atoms with Gasteiger partial charge < -0.3 is 10.6 Å². The number of halogens is 1. The average molecular weight is 436 g/mol. The maximum absolute atomic E-state index is 4.60.